The second kappa shape index (κ2) is 14.1. The Bertz CT molecular complexity index is 781. The number of nitrogens with zero attached hydrogens (tertiary/aromatic N) is 1. The van der Waals surface area contributed by atoms with E-state index in [1.165, 1.54) is 62.7 Å². The lowest BCUT2D eigenvalue weighted by molar-refractivity contribution is -0.122. The highest BCUT2D eigenvalue weighted by Crippen LogP contribution is 2.32. The van der Waals surface area contributed by atoms with Crippen molar-refractivity contribution in [2.24, 2.45) is 5.92 Å². The summed E-state index contributed by atoms with van der Waals surface area (Å²) in [7, 11) is 0. The van der Waals surface area contributed by atoms with Gasteiger partial charge >= 0.3 is 0 Å². The van der Waals surface area contributed by atoms with Crippen LogP contribution in [0.1, 0.15) is 96.8 Å². The maximum absolute atomic E-state index is 12.7. The smallest absolute Gasteiger partial charge is 0.237 e. The van der Waals surface area contributed by atoms with Gasteiger partial charge < -0.3 is 5.73 Å². The number of halogens is 1. The molecule has 1 atom stereocenters. The monoisotopic (exact) mass is 444 g/mol. The van der Waals surface area contributed by atoms with E-state index in [0.29, 0.717) is 29.2 Å². The molecule has 0 bridgehead atoms. The number of hydrogen-bond donors (Lipinski definition) is 1. The van der Waals surface area contributed by atoms with Crippen LogP contribution in [0.5, 0.6) is 0 Å². The quantitative estimate of drug-likeness (QED) is 0.156. The Morgan fingerprint density at radius 3 is 2.23 bits per heavy atom. The first-order chi connectivity index (χ1) is 15.0. The molecule has 0 radical (unpaired) electrons. The lowest BCUT2D eigenvalue weighted by Gasteiger charge is -2.15. The Kier molecular flexibility index (Phi) is 11.5. The van der Waals surface area contributed by atoms with E-state index in [9.17, 15) is 9.59 Å². The summed E-state index contributed by atoms with van der Waals surface area (Å²) in [6, 6.07) is 4.84. The highest BCUT2D eigenvalue weighted by Gasteiger charge is 2.39. The average Bonchev–Trinajstić information content (AvgIpc) is 3.03. The van der Waals surface area contributed by atoms with Crippen LogP contribution in [-0.2, 0) is 9.59 Å². The summed E-state index contributed by atoms with van der Waals surface area (Å²) in [5.41, 5.74) is 6.66. The second-order valence-corrected chi connectivity index (χ2v) is 8.91. The zero-order chi connectivity index (χ0) is 22.5. The molecule has 0 aromatic heterocycles. The van der Waals surface area contributed by atoms with Crippen LogP contribution in [0, 0.1) is 17.8 Å². The molecule has 1 aliphatic heterocycles. The number of carbonyl (C=O) groups excluding carboxylic acids is 2. The van der Waals surface area contributed by atoms with E-state index in [1.807, 2.05) is 0 Å². The van der Waals surface area contributed by atoms with Gasteiger partial charge in [0.25, 0.3) is 0 Å². The molecule has 0 spiro atoms. The Morgan fingerprint density at radius 1 is 0.968 bits per heavy atom. The number of nitrogen functional groups attached to an aromatic ring is 1. The van der Waals surface area contributed by atoms with E-state index in [-0.39, 0.29) is 24.2 Å². The van der Waals surface area contributed by atoms with Crippen molar-refractivity contribution >= 4 is 34.8 Å². The Labute approximate surface area is 192 Å². The number of imide groups is 1. The van der Waals surface area contributed by atoms with Crippen molar-refractivity contribution in [1.29, 1.82) is 0 Å². The van der Waals surface area contributed by atoms with E-state index in [0.717, 1.165) is 12.8 Å². The molecule has 2 rings (SSSR count). The largest absolute Gasteiger partial charge is 0.397 e. The molecule has 2 N–H and O–H groups in total. The van der Waals surface area contributed by atoms with Gasteiger partial charge in [0.1, 0.15) is 0 Å². The molecule has 1 unspecified atom stereocenters. The lowest BCUT2D eigenvalue weighted by Crippen LogP contribution is -2.30. The van der Waals surface area contributed by atoms with E-state index in [1.54, 1.807) is 18.2 Å². The number of benzene rings is 1. The molecule has 0 saturated carbocycles. The minimum absolute atomic E-state index is 0.164. The minimum atomic E-state index is -0.295. The van der Waals surface area contributed by atoms with Gasteiger partial charge in [0.15, 0.2) is 0 Å². The first-order valence-corrected chi connectivity index (χ1v) is 12.3. The van der Waals surface area contributed by atoms with E-state index in [2.05, 4.69) is 18.8 Å². The number of rotatable bonds is 13. The fourth-order valence-corrected chi connectivity index (χ4v) is 4.10. The van der Waals surface area contributed by atoms with Crippen LogP contribution < -0.4 is 10.6 Å². The first kappa shape index (κ1) is 25.3. The molecular formula is C26H37ClN2O2. The van der Waals surface area contributed by atoms with Gasteiger partial charge in [-0.05, 0) is 31.0 Å². The molecule has 1 fully saturated rings. The van der Waals surface area contributed by atoms with E-state index >= 15 is 0 Å². The molecule has 2 amide bonds. The number of anilines is 2. The molecule has 0 aliphatic carbocycles. The van der Waals surface area contributed by atoms with Crippen LogP contribution in [0.4, 0.5) is 11.4 Å². The average molecular weight is 445 g/mol. The molecule has 1 aromatic carbocycles. The molecule has 1 heterocycles. The predicted octanol–water partition coefficient (Wildman–Crippen LogP) is 6.90. The summed E-state index contributed by atoms with van der Waals surface area (Å²) >= 11 is 5.93. The number of hydrogen-bond acceptors (Lipinski definition) is 3. The number of nitrogens with two attached hydrogens (primary N) is 1. The van der Waals surface area contributed by atoms with Gasteiger partial charge in [-0.3, -0.25) is 14.5 Å². The Morgan fingerprint density at radius 2 is 1.58 bits per heavy atom. The fraction of sp³-hybridized carbons (Fsp3) is 0.615. The predicted molar refractivity (Wildman–Crippen MR) is 130 cm³/mol. The summed E-state index contributed by atoms with van der Waals surface area (Å²) in [4.78, 5) is 26.2. The zero-order valence-corrected chi connectivity index (χ0v) is 19.7. The molecule has 1 aromatic rings. The van der Waals surface area contributed by atoms with Crippen LogP contribution in [0.2, 0.25) is 5.02 Å². The number of carbonyl (C=O) groups is 2. The normalized spacial score (nSPS) is 15.9. The van der Waals surface area contributed by atoms with Crippen molar-refractivity contribution < 1.29 is 9.59 Å². The number of amides is 2. The van der Waals surface area contributed by atoms with Gasteiger partial charge in [-0.15, -0.1) is 11.8 Å². The topological polar surface area (TPSA) is 63.4 Å². The third kappa shape index (κ3) is 8.57. The van der Waals surface area contributed by atoms with Crippen LogP contribution in [0.3, 0.4) is 0 Å². The SMILES string of the molecule is CCCCCCCCCCCCC#CCCC1CC(=O)N(c2ccc(Cl)c(N)c2)C1=O. The summed E-state index contributed by atoms with van der Waals surface area (Å²) in [6.07, 6.45) is 15.7. The third-order valence-electron chi connectivity index (χ3n) is 5.88. The summed E-state index contributed by atoms with van der Waals surface area (Å²) in [6.45, 7) is 2.26. The van der Waals surface area contributed by atoms with Crippen LogP contribution >= 0.6 is 11.6 Å². The van der Waals surface area contributed by atoms with Crippen molar-refractivity contribution in [1.82, 2.24) is 0 Å². The first-order valence-electron chi connectivity index (χ1n) is 11.9. The summed E-state index contributed by atoms with van der Waals surface area (Å²) < 4.78 is 0. The second-order valence-electron chi connectivity index (χ2n) is 8.50. The third-order valence-corrected chi connectivity index (χ3v) is 6.22. The van der Waals surface area contributed by atoms with Crippen LogP contribution in [-0.4, -0.2) is 11.8 Å². The van der Waals surface area contributed by atoms with Gasteiger partial charge in [-0.2, -0.15) is 0 Å². The summed E-state index contributed by atoms with van der Waals surface area (Å²) in [5, 5.41) is 0.414. The van der Waals surface area contributed by atoms with Gasteiger partial charge in [0.05, 0.1) is 16.4 Å². The van der Waals surface area contributed by atoms with Crippen molar-refractivity contribution in [3.8, 4) is 11.8 Å². The van der Waals surface area contributed by atoms with Crippen LogP contribution in [0.15, 0.2) is 18.2 Å². The maximum atomic E-state index is 12.7. The van der Waals surface area contributed by atoms with Gasteiger partial charge in [-0.25, -0.2) is 0 Å². The van der Waals surface area contributed by atoms with Crippen molar-refractivity contribution in [2.45, 2.75) is 96.8 Å². The zero-order valence-electron chi connectivity index (χ0n) is 18.9. The molecule has 170 valence electrons. The summed E-state index contributed by atoms with van der Waals surface area (Å²) in [5.74, 6) is 5.76. The standard InChI is InChI=1S/C26H37ClN2O2/c1-2-3-4-5-6-7-8-9-10-11-12-13-14-15-16-21-19-25(30)29(26(21)31)22-17-18-23(27)24(28)20-22/h17-18,20-21H,2-12,15-16,19,28H2,1H3. The minimum Gasteiger partial charge on any atom is -0.397 e. The fourth-order valence-electron chi connectivity index (χ4n) is 3.99. The van der Waals surface area contributed by atoms with Crippen molar-refractivity contribution in [3.63, 3.8) is 0 Å². The highest BCUT2D eigenvalue weighted by atomic mass is 35.5. The maximum Gasteiger partial charge on any atom is 0.237 e. The number of unbranched alkanes of at least 4 members (excludes halogenated alkanes) is 10. The van der Waals surface area contributed by atoms with Crippen LogP contribution in [0.25, 0.3) is 0 Å². The Balaban J connectivity index is 1.59. The van der Waals surface area contributed by atoms with Gasteiger partial charge in [-0.1, -0.05) is 76.3 Å². The molecule has 4 nitrogen and oxygen atoms in total. The molecule has 31 heavy (non-hydrogen) atoms. The van der Waals surface area contributed by atoms with Gasteiger partial charge in [0.2, 0.25) is 11.8 Å². The van der Waals surface area contributed by atoms with Gasteiger partial charge in [0, 0.05) is 25.2 Å². The highest BCUT2D eigenvalue weighted by molar-refractivity contribution is 6.33. The van der Waals surface area contributed by atoms with Crippen molar-refractivity contribution in [2.75, 3.05) is 10.6 Å². The van der Waals surface area contributed by atoms with Crippen molar-refractivity contribution in [3.05, 3.63) is 23.2 Å². The van der Waals surface area contributed by atoms with E-state index in [4.69, 9.17) is 17.3 Å². The molecule has 5 heteroatoms. The molecule has 1 aliphatic rings. The lowest BCUT2D eigenvalue weighted by atomic mass is 10.0. The van der Waals surface area contributed by atoms with E-state index < -0.39 is 0 Å². The molecule has 1 saturated heterocycles. The Hall–Kier alpha value is -1.99. The molecular weight excluding hydrogens is 408 g/mol.